The van der Waals surface area contributed by atoms with Crippen LogP contribution in [-0.4, -0.2) is 27.0 Å². The molecule has 0 N–H and O–H groups in total. The third-order valence-corrected chi connectivity index (χ3v) is 3.29. The minimum absolute atomic E-state index is 0.0378. The molecular weight excluding hydrogens is 184 g/mol. The van der Waals surface area contributed by atoms with Crippen molar-refractivity contribution < 1.29 is 14.0 Å². The Hall–Kier alpha value is -0.353. The normalized spacial score (nSPS) is 32.8. The molecular formula is C9H18O3Si. The SMILES string of the molecule is COC(=O)C1CC1(C)O[Si](C)(C)C. The van der Waals surface area contributed by atoms with E-state index < -0.39 is 8.32 Å². The third kappa shape index (κ3) is 2.54. The molecule has 1 saturated carbocycles. The minimum Gasteiger partial charge on any atom is -0.469 e. The van der Waals surface area contributed by atoms with Gasteiger partial charge in [0.05, 0.1) is 18.6 Å². The monoisotopic (exact) mass is 202 g/mol. The maximum absolute atomic E-state index is 11.2. The molecule has 1 rings (SSSR count). The van der Waals surface area contributed by atoms with Crippen LogP contribution < -0.4 is 0 Å². The van der Waals surface area contributed by atoms with Crippen molar-refractivity contribution in [3.05, 3.63) is 0 Å². The molecule has 0 heterocycles. The Morgan fingerprint density at radius 1 is 1.46 bits per heavy atom. The van der Waals surface area contributed by atoms with Crippen LogP contribution in [-0.2, 0) is 14.0 Å². The number of ether oxygens (including phenoxy) is 1. The smallest absolute Gasteiger partial charge is 0.311 e. The molecule has 13 heavy (non-hydrogen) atoms. The quantitative estimate of drug-likeness (QED) is 0.517. The van der Waals surface area contributed by atoms with Crippen molar-refractivity contribution >= 4 is 14.3 Å². The van der Waals surface area contributed by atoms with Crippen molar-refractivity contribution in [3.63, 3.8) is 0 Å². The van der Waals surface area contributed by atoms with Gasteiger partial charge in [0.15, 0.2) is 8.32 Å². The van der Waals surface area contributed by atoms with E-state index in [-0.39, 0.29) is 17.5 Å². The van der Waals surface area contributed by atoms with E-state index in [1.165, 1.54) is 7.11 Å². The Kier molecular flexibility index (Phi) is 2.56. The van der Waals surface area contributed by atoms with E-state index in [0.29, 0.717) is 0 Å². The van der Waals surface area contributed by atoms with Crippen LogP contribution in [0.3, 0.4) is 0 Å². The molecule has 0 aromatic heterocycles. The van der Waals surface area contributed by atoms with Crippen molar-refractivity contribution in [2.24, 2.45) is 5.92 Å². The summed E-state index contributed by atoms with van der Waals surface area (Å²) in [4.78, 5) is 11.2. The van der Waals surface area contributed by atoms with Gasteiger partial charge in [0, 0.05) is 0 Å². The van der Waals surface area contributed by atoms with E-state index in [0.717, 1.165) is 6.42 Å². The van der Waals surface area contributed by atoms with E-state index in [1.54, 1.807) is 0 Å². The lowest BCUT2D eigenvalue weighted by Crippen LogP contribution is -2.33. The van der Waals surface area contributed by atoms with Crippen LogP contribution in [0.25, 0.3) is 0 Å². The van der Waals surface area contributed by atoms with Crippen molar-refractivity contribution in [2.75, 3.05) is 7.11 Å². The Morgan fingerprint density at radius 3 is 2.38 bits per heavy atom. The summed E-state index contributed by atoms with van der Waals surface area (Å²) in [6.45, 7) is 8.38. The van der Waals surface area contributed by atoms with Crippen molar-refractivity contribution in [1.29, 1.82) is 0 Å². The number of carbonyl (C=O) groups excluding carboxylic acids is 1. The molecule has 76 valence electrons. The molecule has 0 aromatic rings. The number of carbonyl (C=O) groups is 1. The Balaban J connectivity index is 2.50. The van der Waals surface area contributed by atoms with Gasteiger partial charge in [0.1, 0.15) is 0 Å². The van der Waals surface area contributed by atoms with Gasteiger partial charge < -0.3 is 9.16 Å². The van der Waals surface area contributed by atoms with Crippen LogP contribution >= 0.6 is 0 Å². The summed E-state index contributed by atoms with van der Waals surface area (Å²) < 4.78 is 10.6. The molecule has 0 bridgehead atoms. The number of hydrogen-bond acceptors (Lipinski definition) is 3. The Bertz CT molecular complexity index is 221. The first-order chi connectivity index (χ1) is 5.78. The number of esters is 1. The lowest BCUT2D eigenvalue weighted by atomic mass is 10.3. The predicted molar refractivity (Wildman–Crippen MR) is 53.0 cm³/mol. The van der Waals surface area contributed by atoms with Gasteiger partial charge >= 0.3 is 5.97 Å². The standard InChI is InChI=1S/C9H18O3Si/c1-9(12-13(3,4)5)6-7(9)8(10)11-2/h7H,6H2,1-5H3. The number of rotatable bonds is 3. The number of methoxy groups -OCH3 is 1. The molecule has 0 aliphatic heterocycles. The molecule has 0 saturated heterocycles. The van der Waals surface area contributed by atoms with Gasteiger partial charge in [0.2, 0.25) is 0 Å². The molecule has 2 atom stereocenters. The Morgan fingerprint density at radius 2 is 2.00 bits per heavy atom. The third-order valence-electron chi connectivity index (χ3n) is 2.21. The first-order valence-electron chi connectivity index (χ1n) is 4.56. The minimum atomic E-state index is -1.54. The van der Waals surface area contributed by atoms with Crippen LogP contribution in [0, 0.1) is 5.92 Å². The molecule has 0 aromatic carbocycles. The highest BCUT2D eigenvalue weighted by Gasteiger charge is 2.58. The second-order valence-corrected chi connectivity index (χ2v) is 9.24. The van der Waals surface area contributed by atoms with Gasteiger partial charge in [-0.15, -0.1) is 0 Å². The molecule has 1 aliphatic rings. The van der Waals surface area contributed by atoms with E-state index in [2.05, 4.69) is 24.4 Å². The van der Waals surface area contributed by atoms with Crippen LogP contribution in [0.4, 0.5) is 0 Å². The highest BCUT2D eigenvalue weighted by Crippen LogP contribution is 2.48. The van der Waals surface area contributed by atoms with Gasteiger partial charge in [-0.2, -0.15) is 0 Å². The molecule has 3 nitrogen and oxygen atoms in total. The second-order valence-electron chi connectivity index (χ2n) is 4.81. The molecule has 1 fully saturated rings. The summed E-state index contributed by atoms with van der Waals surface area (Å²) in [5.41, 5.74) is -0.239. The van der Waals surface area contributed by atoms with E-state index >= 15 is 0 Å². The van der Waals surface area contributed by atoms with Crippen molar-refractivity contribution in [2.45, 2.75) is 38.6 Å². The molecule has 1 aliphatic carbocycles. The van der Waals surface area contributed by atoms with Gasteiger partial charge in [-0.25, -0.2) is 0 Å². The van der Waals surface area contributed by atoms with E-state index in [4.69, 9.17) is 4.43 Å². The summed E-state index contributed by atoms with van der Waals surface area (Å²) in [7, 11) is -0.112. The fourth-order valence-corrected chi connectivity index (χ4v) is 3.26. The molecule has 4 heteroatoms. The molecule has 2 unspecified atom stereocenters. The van der Waals surface area contributed by atoms with Crippen LogP contribution in [0.15, 0.2) is 0 Å². The first-order valence-corrected chi connectivity index (χ1v) is 7.97. The summed E-state index contributed by atoms with van der Waals surface area (Å²) in [5.74, 6) is -0.176. The van der Waals surface area contributed by atoms with Crippen LogP contribution in [0.1, 0.15) is 13.3 Å². The van der Waals surface area contributed by atoms with Crippen LogP contribution in [0.2, 0.25) is 19.6 Å². The zero-order valence-corrected chi connectivity index (χ0v) is 10.0. The average Bonchev–Trinajstić information content (AvgIpc) is 2.56. The zero-order valence-electron chi connectivity index (χ0n) is 9.01. The highest BCUT2D eigenvalue weighted by atomic mass is 28.4. The number of hydrogen-bond donors (Lipinski definition) is 0. The van der Waals surface area contributed by atoms with E-state index in [9.17, 15) is 4.79 Å². The van der Waals surface area contributed by atoms with Crippen LogP contribution in [0.5, 0.6) is 0 Å². The van der Waals surface area contributed by atoms with Gasteiger partial charge in [-0.1, -0.05) is 0 Å². The fourth-order valence-electron chi connectivity index (χ4n) is 1.63. The largest absolute Gasteiger partial charge is 0.469 e. The van der Waals surface area contributed by atoms with Crippen molar-refractivity contribution in [1.82, 2.24) is 0 Å². The zero-order chi connectivity index (χ0) is 10.3. The van der Waals surface area contributed by atoms with Gasteiger partial charge in [-0.05, 0) is 33.0 Å². The summed E-state index contributed by atoms with van der Waals surface area (Å²) >= 11 is 0. The van der Waals surface area contributed by atoms with Gasteiger partial charge in [0.25, 0.3) is 0 Å². The summed E-state index contributed by atoms with van der Waals surface area (Å²) in [5, 5.41) is 0. The molecule has 0 amide bonds. The summed E-state index contributed by atoms with van der Waals surface area (Å²) in [6, 6.07) is 0. The molecule has 0 radical (unpaired) electrons. The van der Waals surface area contributed by atoms with Gasteiger partial charge in [-0.3, -0.25) is 4.79 Å². The lowest BCUT2D eigenvalue weighted by Gasteiger charge is -2.23. The van der Waals surface area contributed by atoms with Crippen molar-refractivity contribution in [3.8, 4) is 0 Å². The fraction of sp³-hybridized carbons (Fsp3) is 0.889. The predicted octanol–water partition coefficient (Wildman–Crippen LogP) is 1.79. The van der Waals surface area contributed by atoms with E-state index in [1.807, 2.05) is 6.92 Å². The Labute approximate surface area is 80.5 Å². The maximum Gasteiger partial charge on any atom is 0.311 e. The lowest BCUT2D eigenvalue weighted by molar-refractivity contribution is -0.143. The maximum atomic E-state index is 11.2. The first kappa shape index (κ1) is 10.7. The molecule has 0 spiro atoms. The topological polar surface area (TPSA) is 35.5 Å². The second kappa shape index (κ2) is 3.10. The average molecular weight is 202 g/mol. The summed E-state index contributed by atoms with van der Waals surface area (Å²) in [6.07, 6.45) is 0.809. The highest BCUT2D eigenvalue weighted by molar-refractivity contribution is 6.69.